The fraction of sp³-hybridized carbons (Fsp3) is 0.639. The third kappa shape index (κ3) is 37.6. The minimum Gasteiger partial charge on any atom is -0.481 e. The molecular formula is C83H129N15O16S. The van der Waals surface area contributed by atoms with E-state index < -0.39 is 228 Å². The molecule has 8 amide bonds. The molecule has 0 unspecified atom stereocenters. The van der Waals surface area contributed by atoms with Crippen LogP contribution in [0.5, 0.6) is 0 Å². The Morgan fingerprint density at radius 2 is 0.913 bits per heavy atom. The Kier molecular flexibility index (Phi) is 44.9. The Morgan fingerprint density at radius 1 is 0.487 bits per heavy atom. The van der Waals surface area contributed by atoms with Gasteiger partial charge in [0.1, 0.15) is 6.04 Å². The van der Waals surface area contributed by atoms with E-state index in [2.05, 4.69) is 47.2 Å². The molecule has 1 aliphatic rings. The Morgan fingerprint density at radius 3 is 1.40 bits per heavy atom. The molecule has 2 aromatic rings. The molecule has 3 rings (SSSR count). The number of aliphatic imine (C=N–C) groups is 2. The van der Waals surface area contributed by atoms with Gasteiger partial charge in [-0.1, -0.05) is 149 Å². The third-order valence-corrected chi connectivity index (χ3v) is 21.9. The Hall–Kier alpha value is -9.75. The molecule has 1 heterocycles. The highest BCUT2D eigenvalue weighted by atomic mass is 32.2. The van der Waals surface area contributed by atoms with Crippen LogP contribution in [0.4, 0.5) is 0 Å². The van der Waals surface area contributed by atoms with Gasteiger partial charge in [0.2, 0.25) is 47.3 Å². The molecule has 638 valence electrons. The first-order valence-corrected chi connectivity index (χ1v) is 41.5. The molecule has 1 fully saturated rings. The van der Waals surface area contributed by atoms with E-state index in [4.69, 9.17) is 34.1 Å². The lowest BCUT2D eigenvalue weighted by Crippen LogP contribution is -2.54. The molecule has 0 aliphatic carbocycles. The minimum absolute atomic E-state index is 0.0000973. The van der Waals surface area contributed by atoms with Crippen LogP contribution in [0.2, 0.25) is 0 Å². The van der Waals surface area contributed by atoms with Crippen LogP contribution >= 0.6 is 11.8 Å². The number of carbonyl (C=O) groups excluding carboxylic acids is 14. The minimum atomic E-state index is -1.88. The molecule has 0 saturated carbocycles. The predicted octanol–water partition coefficient (Wildman–Crippen LogP) is 4.96. The van der Waals surface area contributed by atoms with Gasteiger partial charge in [0, 0.05) is 99.1 Å². The Labute approximate surface area is 681 Å². The summed E-state index contributed by atoms with van der Waals surface area (Å²) in [6.45, 7) is 19.2. The van der Waals surface area contributed by atoms with E-state index in [1.54, 1.807) is 116 Å². The van der Waals surface area contributed by atoms with E-state index in [0.717, 1.165) is 11.8 Å². The van der Waals surface area contributed by atoms with Crippen molar-refractivity contribution < 1.29 is 77.0 Å². The number of amides is 8. The predicted molar refractivity (Wildman–Crippen MR) is 442 cm³/mol. The normalized spacial score (nSPS) is 23.9. The van der Waals surface area contributed by atoms with Crippen LogP contribution in [0.25, 0.3) is 0 Å². The topological polar surface area (TPSA) is 539 Å². The lowest BCUT2D eigenvalue weighted by molar-refractivity contribution is -0.142. The fourth-order valence-corrected chi connectivity index (χ4v) is 14.6. The van der Waals surface area contributed by atoms with Crippen molar-refractivity contribution in [2.45, 2.75) is 253 Å². The second-order valence-corrected chi connectivity index (χ2v) is 32.8. The number of unbranched alkanes of at least 4 members (excludes halogenated alkanes) is 1. The second kappa shape index (κ2) is 52.0. The van der Waals surface area contributed by atoms with Gasteiger partial charge in [-0.2, -0.15) is 0 Å². The number of aliphatic carboxylic acids is 1. The first kappa shape index (κ1) is 99.4. The number of thioether (sulfide) groups is 1. The van der Waals surface area contributed by atoms with Gasteiger partial charge in [-0.25, -0.2) is 0 Å². The lowest BCUT2D eigenvalue weighted by Gasteiger charge is -2.31. The molecule has 115 heavy (non-hydrogen) atoms. The molecule has 1 saturated heterocycles. The Bertz CT molecular complexity index is 3660. The van der Waals surface area contributed by atoms with Crippen molar-refractivity contribution in [2.24, 2.45) is 97.8 Å². The average Bonchev–Trinajstić information content (AvgIpc) is 0.843. The average molecular weight is 1630 g/mol. The fourth-order valence-electron chi connectivity index (χ4n) is 13.7. The lowest BCUT2D eigenvalue weighted by atomic mass is 9.83. The van der Waals surface area contributed by atoms with Crippen LogP contribution in [-0.4, -0.2) is 178 Å². The number of Topliss-reactive ketones (excluding diaryl/α,β-unsaturated/α-hetero) is 6. The van der Waals surface area contributed by atoms with E-state index in [1.165, 1.54) is 0 Å². The number of carboxylic acid groups (broad SMARTS) is 1. The number of rotatable bonds is 31. The van der Waals surface area contributed by atoms with Crippen molar-refractivity contribution in [3.63, 3.8) is 0 Å². The van der Waals surface area contributed by atoms with E-state index in [0.29, 0.717) is 42.5 Å². The monoisotopic (exact) mass is 1620 g/mol. The maximum Gasteiger partial charge on any atom is 0.305 e. The maximum atomic E-state index is 15.1. The van der Waals surface area contributed by atoms with E-state index in [1.807, 2.05) is 20.8 Å². The van der Waals surface area contributed by atoms with E-state index in [9.17, 15) is 72.2 Å². The van der Waals surface area contributed by atoms with Gasteiger partial charge in [0.15, 0.2) is 46.6 Å². The number of nitrogens with one attached hydrogen (secondary N) is 8. The summed E-state index contributed by atoms with van der Waals surface area (Å²) >= 11 is 0.911. The van der Waals surface area contributed by atoms with Gasteiger partial charge in [-0.05, 0) is 112 Å². The van der Waals surface area contributed by atoms with Gasteiger partial charge in [0.05, 0.1) is 48.4 Å². The van der Waals surface area contributed by atoms with Gasteiger partial charge in [-0.3, -0.25) is 81.9 Å². The first-order valence-electron chi connectivity index (χ1n) is 40.3. The zero-order valence-electron chi connectivity index (χ0n) is 69.0. The molecule has 0 aromatic heterocycles. The molecule has 0 bridgehead atoms. The molecular weight excluding hydrogens is 1500 g/mol. The number of nitrogens with two attached hydrogens (primary N) is 5. The van der Waals surface area contributed by atoms with Crippen molar-refractivity contribution in [3.8, 4) is 0 Å². The van der Waals surface area contributed by atoms with Gasteiger partial charge in [0.25, 0.3) is 0 Å². The quantitative estimate of drug-likeness (QED) is 0.0269. The molecule has 32 heteroatoms. The van der Waals surface area contributed by atoms with Crippen molar-refractivity contribution in [3.05, 3.63) is 71.8 Å². The van der Waals surface area contributed by atoms with Crippen LogP contribution in [0.15, 0.2) is 70.6 Å². The van der Waals surface area contributed by atoms with Gasteiger partial charge < -0.3 is 76.4 Å². The summed E-state index contributed by atoms with van der Waals surface area (Å²) in [5.41, 5.74) is 29.7. The molecule has 14 atom stereocenters. The van der Waals surface area contributed by atoms with Crippen molar-refractivity contribution >= 4 is 117 Å². The summed E-state index contributed by atoms with van der Waals surface area (Å²) in [6, 6.07) is 7.60. The first-order chi connectivity index (χ1) is 54.2. The highest BCUT2D eigenvalue weighted by Gasteiger charge is 2.41. The van der Waals surface area contributed by atoms with Gasteiger partial charge >= 0.3 is 5.97 Å². The van der Waals surface area contributed by atoms with E-state index >= 15 is 4.79 Å². The highest BCUT2D eigenvalue weighted by Crippen LogP contribution is 2.28. The molecule has 0 radical (unpaired) electrons. The summed E-state index contributed by atoms with van der Waals surface area (Å²) in [6.07, 6.45) is -2.58. The van der Waals surface area contributed by atoms with Crippen LogP contribution in [-0.2, 0) is 84.8 Å². The van der Waals surface area contributed by atoms with Crippen LogP contribution in [0.1, 0.15) is 209 Å². The number of carbonyl (C=O) groups is 15. The summed E-state index contributed by atoms with van der Waals surface area (Å²) in [7, 11) is 0. The van der Waals surface area contributed by atoms with E-state index in [-0.39, 0.29) is 107 Å². The van der Waals surface area contributed by atoms with Crippen LogP contribution in [0.3, 0.4) is 0 Å². The maximum absolute atomic E-state index is 15.1. The number of nitrogens with zero attached hydrogens (tertiary/aromatic N) is 2. The number of primary amides is 1. The number of ketones is 6. The largest absolute Gasteiger partial charge is 0.481 e. The van der Waals surface area contributed by atoms with Crippen molar-refractivity contribution in [1.82, 2.24) is 37.2 Å². The third-order valence-electron chi connectivity index (χ3n) is 20.9. The number of hydrogen-bond acceptors (Lipinski definition) is 19. The molecule has 1 aliphatic heterocycles. The van der Waals surface area contributed by atoms with Gasteiger partial charge in [-0.15, -0.1) is 11.8 Å². The SMILES string of the molecule is CC[C@H](C)[C@@H]1NC(=O)[C@H](CC(C)C)CC(=O)[C@H](Cc2ccccc2)NC(=O)CSC[C@@H](C(=O)CCC(N)=O)NC(=O)[C@H](CCCN=C(N)N)CC(=O)[C@H](Cc2ccccc2)NC(=O)[C@H](C(C)C)CC(=O)[C@H](CCCN=C(N)N)NC(=O)[C@H](CC(=O)O)NC(=O)[C@H](CCCCC(C)=N)CC(=O)[C@H]([C@@H](C)CC)NC(=O)[C@H](C(C)C)CC1=O. The van der Waals surface area contributed by atoms with Crippen LogP contribution in [0, 0.1) is 64.6 Å². The van der Waals surface area contributed by atoms with Crippen molar-refractivity contribution in [2.75, 3.05) is 24.6 Å². The standard InChI is InChI=1S/C83H129N15O16S/c1-12-50(9)74-69(103)40-55(29-21-20-24-52(11)84)76(109)95-63(44-73(107)108)81(114)93-60(31-23-35-91-83(88)89)68(102)42-58(48(5)6)79(112)94-62(38-54-27-18-15-19-28-54)66(100)39-56(30-22-34-90-82(86)87)77(110)96-64(65(99)32-33-71(85)105)45-115-46-72(106)92-61(37-53-25-16-14-17-26-53)67(101)41-57(36-47(3)4)78(111)97-75(51(10)13-2)70(104)43-59(49(7)8)80(113)98-74/h14-19,25-28,47-51,55-64,74-75,84H,12-13,20-24,29-46H2,1-11H3,(H2,85,105)(H,92,106)(H,93,114)(H,94,112)(H,95,109)(H,96,110)(H,97,111)(H,98,113)(H,107,108)(H4,86,87,90)(H4,88,89,91)/t50-,51-,55+,56+,57+,58-,59-,60-,61-,62-,63-,64-,74-,75-/m0/s1. The number of carboxylic acids is 1. The summed E-state index contributed by atoms with van der Waals surface area (Å²) in [4.78, 5) is 225. The van der Waals surface area contributed by atoms with Crippen LogP contribution < -0.4 is 65.9 Å². The number of benzene rings is 2. The number of hydrogen-bond donors (Lipinski definition) is 14. The second-order valence-electron chi connectivity index (χ2n) is 31.7. The molecule has 19 N–H and O–H groups in total. The van der Waals surface area contributed by atoms with Crippen molar-refractivity contribution in [1.29, 1.82) is 5.41 Å². The Balaban J connectivity index is 2.40. The summed E-state index contributed by atoms with van der Waals surface area (Å²) in [5, 5.41) is 37.8. The molecule has 2 aromatic carbocycles. The zero-order chi connectivity index (χ0) is 86.2. The molecule has 0 spiro atoms. The highest BCUT2D eigenvalue weighted by molar-refractivity contribution is 8.00. The zero-order valence-corrected chi connectivity index (χ0v) is 69.8. The smallest absolute Gasteiger partial charge is 0.305 e. The summed E-state index contributed by atoms with van der Waals surface area (Å²) in [5.74, 6) is -21.0. The summed E-state index contributed by atoms with van der Waals surface area (Å²) < 4.78 is 0. The number of guanidine groups is 2. The molecule has 31 nitrogen and oxygen atoms in total.